The van der Waals surface area contributed by atoms with E-state index in [-0.39, 0.29) is 5.91 Å². The van der Waals surface area contributed by atoms with Crippen LogP contribution in [0.4, 0.5) is 0 Å². The van der Waals surface area contributed by atoms with Gasteiger partial charge in [0.05, 0.1) is 10.6 Å². The predicted molar refractivity (Wildman–Crippen MR) is 126 cm³/mol. The highest BCUT2D eigenvalue weighted by Gasteiger charge is 2.20. The van der Waals surface area contributed by atoms with E-state index in [2.05, 4.69) is 39.0 Å². The summed E-state index contributed by atoms with van der Waals surface area (Å²) in [5.41, 5.74) is 2.94. The van der Waals surface area contributed by atoms with Crippen molar-refractivity contribution in [3.63, 3.8) is 0 Å². The number of carbonyl (C=O) groups excluding carboxylic acids is 1. The van der Waals surface area contributed by atoms with Crippen LogP contribution < -0.4 is 0 Å². The molecule has 156 valence electrons. The maximum atomic E-state index is 13.3. The quantitative estimate of drug-likeness (QED) is 0.351. The fraction of sp³-hybridized carbons (Fsp3) is 0.400. The second-order valence-corrected chi connectivity index (χ2v) is 8.72. The van der Waals surface area contributed by atoms with Crippen LogP contribution in [0.5, 0.6) is 0 Å². The molecule has 0 N–H and O–H groups in total. The summed E-state index contributed by atoms with van der Waals surface area (Å²) >= 11 is 12.3. The summed E-state index contributed by atoms with van der Waals surface area (Å²) in [4.78, 5) is 15.2. The van der Waals surface area contributed by atoms with E-state index < -0.39 is 0 Å². The minimum Gasteiger partial charge on any atom is -0.334 e. The highest BCUT2D eigenvalue weighted by molar-refractivity contribution is 6.36. The molecule has 0 heterocycles. The minimum atomic E-state index is -0.0465. The molecule has 2 aromatic rings. The fourth-order valence-corrected chi connectivity index (χ4v) is 3.81. The van der Waals surface area contributed by atoms with E-state index >= 15 is 0 Å². The second-order valence-electron chi connectivity index (χ2n) is 7.87. The number of hydrogen-bond donors (Lipinski definition) is 0. The van der Waals surface area contributed by atoms with Crippen molar-refractivity contribution in [2.45, 2.75) is 46.5 Å². The Morgan fingerprint density at radius 2 is 1.79 bits per heavy atom. The largest absolute Gasteiger partial charge is 0.334 e. The van der Waals surface area contributed by atoms with E-state index in [0.717, 1.165) is 12.8 Å². The van der Waals surface area contributed by atoms with Crippen molar-refractivity contribution < 1.29 is 4.79 Å². The van der Waals surface area contributed by atoms with Crippen molar-refractivity contribution in [2.24, 2.45) is 5.92 Å². The van der Waals surface area contributed by atoms with Crippen LogP contribution in [-0.2, 0) is 0 Å². The Balaban J connectivity index is 2.29. The van der Waals surface area contributed by atoms with Crippen molar-refractivity contribution in [1.82, 2.24) is 4.90 Å². The topological polar surface area (TPSA) is 20.3 Å². The normalized spacial score (nSPS) is 11.7. The number of amides is 1. The molecule has 0 spiro atoms. The number of benzene rings is 2. The molecule has 0 fully saturated rings. The highest BCUT2D eigenvalue weighted by atomic mass is 35.5. The molecule has 29 heavy (non-hydrogen) atoms. The summed E-state index contributed by atoms with van der Waals surface area (Å²) in [6.45, 7) is 7.74. The molecule has 0 aliphatic carbocycles. The van der Waals surface area contributed by atoms with Gasteiger partial charge in [-0.3, -0.25) is 4.79 Å². The second kappa shape index (κ2) is 12.0. The van der Waals surface area contributed by atoms with Crippen molar-refractivity contribution in [1.29, 1.82) is 0 Å². The third-order valence-corrected chi connectivity index (χ3v) is 5.25. The molecule has 2 nitrogen and oxygen atoms in total. The average Bonchev–Trinajstić information content (AvgIpc) is 2.67. The van der Waals surface area contributed by atoms with Crippen LogP contribution >= 0.6 is 23.2 Å². The Bertz CT molecular complexity index is 815. The molecule has 0 bridgehead atoms. The van der Waals surface area contributed by atoms with Gasteiger partial charge >= 0.3 is 0 Å². The van der Waals surface area contributed by atoms with Gasteiger partial charge in [0.1, 0.15) is 0 Å². The van der Waals surface area contributed by atoms with Crippen LogP contribution in [0.2, 0.25) is 10.0 Å². The Labute approximate surface area is 185 Å². The van der Waals surface area contributed by atoms with Gasteiger partial charge in [-0.2, -0.15) is 0 Å². The average molecular weight is 432 g/mol. The van der Waals surface area contributed by atoms with E-state index in [4.69, 9.17) is 23.2 Å². The first-order chi connectivity index (χ1) is 13.9. The molecule has 0 aromatic heterocycles. The first kappa shape index (κ1) is 23.5. The lowest BCUT2D eigenvalue weighted by molar-refractivity contribution is 0.0751. The van der Waals surface area contributed by atoms with Gasteiger partial charge in [-0.15, -0.1) is 0 Å². The van der Waals surface area contributed by atoms with Crippen LogP contribution in [-0.4, -0.2) is 23.9 Å². The smallest absolute Gasteiger partial charge is 0.255 e. The van der Waals surface area contributed by atoms with Gasteiger partial charge in [-0.1, -0.05) is 98.8 Å². The lowest BCUT2D eigenvalue weighted by Crippen LogP contribution is -2.36. The molecule has 0 radical (unpaired) electrons. The summed E-state index contributed by atoms with van der Waals surface area (Å²) < 4.78 is 0. The summed E-state index contributed by atoms with van der Waals surface area (Å²) in [5, 5.41) is 0.932. The van der Waals surface area contributed by atoms with Gasteiger partial charge in [0.25, 0.3) is 5.91 Å². The summed E-state index contributed by atoms with van der Waals surface area (Å²) in [7, 11) is 0. The molecular weight excluding hydrogens is 401 g/mol. The van der Waals surface area contributed by atoms with Crippen LogP contribution in [0.1, 0.15) is 62.4 Å². The number of halogens is 2. The molecule has 0 aliphatic rings. The van der Waals surface area contributed by atoms with E-state index in [1.54, 1.807) is 18.2 Å². The zero-order chi connectivity index (χ0) is 21.2. The Morgan fingerprint density at radius 1 is 1.07 bits per heavy atom. The van der Waals surface area contributed by atoms with Crippen LogP contribution in [0.15, 0.2) is 54.1 Å². The van der Waals surface area contributed by atoms with Gasteiger partial charge in [0.2, 0.25) is 0 Å². The third kappa shape index (κ3) is 7.87. The predicted octanol–water partition coefficient (Wildman–Crippen LogP) is 7.76. The van der Waals surface area contributed by atoms with Crippen LogP contribution in [0.25, 0.3) is 6.08 Å². The van der Waals surface area contributed by atoms with Crippen LogP contribution in [0, 0.1) is 5.92 Å². The molecule has 0 atom stereocenters. The molecule has 0 saturated carbocycles. The summed E-state index contributed by atoms with van der Waals surface area (Å²) in [6.07, 6.45) is 6.69. The van der Waals surface area contributed by atoms with Gasteiger partial charge in [-0.05, 0) is 42.5 Å². The number of hydrogen-bond acceptors (Lipinski definition) is 1. The van der Waals surface area contributed by atoms with Crippen molar-refractivity contribution >= 4 is 35.2 Å². The summed E-state index contributed by atoms with van der Waals surface area (Å²) in [5.74, 6) is 0.313. The summed E-state index contributed by atoms with van der Waals surface area (Å²) in [6, 6.07) is 15.4. The first-order valence-corrected chi connectivity index (χ1v) is 11.1. The van der Waals surface area contributed by atoms with Crippen molar-refractivity contribution in [3.05, 3.63) is 75.3 Å². The lowest BCUT2D eigenvalue weighted by Gasteiger charge is -2.27. The number of rotatable bonds is 10. The minimum absolute atomic E-state index is 0.0465. The molecular formula is C25H31Cl2NO. The Kier molecular flexibility index (Phi) is 9.76. The number of carbonyl (C=O) groups is 1. The van der Waals surface area contributed by atoms with E-state index in [9.17, 15) is 4.79 Å². The van der Waals surface area contributed by atoms with Crippen molar-refractivity contribution in [3.8, 4) is 0 Å². The molecule has 4 heteroatoms. The van der Waals surface area contributed by atoms with Gasteiger partial charge in [-0.25, -0.2) is 0 Å². The van der Waals surface area contributed by atoms with E-state index in [1.807, 2.05) is 23.1 Å². The Hall–Kier alpha value is -1.77. The highest BCUT2D eigenvalue weighted by Crippen LogP contribution is 2.24. The van der Waals surface area contributed by atoms with Gasteiger partial charge < -0.3 is 4.90 Å². The zero-order valence-corrected chi connectivity index (χ0v) is 19.1. The third-order valence-electron chi connectivity index (χ3n) is 4.70. The Morgan fingerprint density at radius 3 is 2.41 bits per heavy atom. The van der Waals surface area contributed by atoms with Gasteiger partial charge in [0.15, 0.2) is 0 Å². The molecule has 0 aliphatic heterocycles. The SMILES string of the molecule is CCCCCC(=Cc1ccccc1)CN(CC(C)C)C(=O)c1ccc(Cl)cc1Cl. The molecule has 0 saturated heterocycles. The van der Waals surface area contributed by atoms with E-state index in [1.165, 1.54) is 24.0 Å². The number of unbranched alkanes of at least 4 members (excludes halogenated alkanes) is 2. The maximum Gasteiger partial charge on any atom is 0.255 e. The molecule has 2 rings (SSSR count). The van der Waals surface area contributed by atoms with Gasteiger partial charge in [0, 0.05) is 18.1 Å². The molecule has 2 aromatic carbocycles. The fourth-order valence-electron chi connectivity index (χ4n) is 3.32. The lowest BCUT2D eigenvalue weighted by atomic mass is 10.0. The molecule has 0 unspecified atom stereocenters. The molecule has 1 amide bonds. The van der Waals surface area contributed by atoms with E-state index in [0.29, 0.717) is 34.6 Å². The first-order valence-electron chi connectivity index (χ1n) is 10.4. The maximum absolute atomic E-state index is 13.3. The van der Waals surface area contributed by atoms with Crippen LogP contribution in [0.3, 0.4) is 0 Å². The number of nitrogens with zero attached hydrogens (tertiary/aromatic N) is 1. The monoisotopic (exact) mass is 431 g/mol. The zero-order valence-electron chi connectivity index (χ0n) is 17.6. The standard InChI is InChI=1S/C25H31Cl2NO/c1-4-5-7-12-21(15-20-10-8-6-9-11-20)18-28(17-19(2)3)25(29)23-14-13-22(26)16-24(23)27/h6,8-11,13-16,19H,4-5,7,12,17-18H2,1-3H3. The van der Waals surface area contributed by atoms with Crippen molar-refractivity contribution in [2.75, 3.05) is 13.1 Å².